The van der Waals surface area contributed by atoms with Crippen molar-refractivity contribution in [1.29, 1.82) is 0 Å². The van der Waals surface area contributed by atoms with Gasteiger partial charge in [0.15, 0.2) is 0 Å². The van der Waals surface area contributed by atoms with Crippen LogP contribution in [0.5, 0.6) is 0 Å². The van der Waals surface area contributed by atoms with E-state index < -0.39 is 0 Å². The summed E-state index contributed by atoms with van der Waals surface area (Å²) in [5.74, 6) is 2.27. The molecule has 0 spiro atoms. The summed E-state index contributed by atoms with van der Waals surface area (Å²) < 4.78 is 5.23. The van der Waals surface area contributed by atoms with Crippen LogP contribution in [0.3, 0.4) is 0 Å². The van der Waals surface area contributed by atoms with Crippen LogP contribution in [0.4, 0.5) is 0 Å². The van der Waals surface area contributed by atoms with Gasteiger partial charge in [-0.05, 0) is 18.7 Å². The van der Waals surface area contributed by atoms with Crippen molar-refractivity contribution < 1.29 is 9.53 Å². The number of ether oxygens (including phenoxy) is 1. The normalized spacial score (nSPS) is 17.4. The molecule has 110 valence electrons. The van der Waals surface area contributed by atoms with Crippen LogP contribution in [-0.4, -0.2) is 24.1 Å². The first kappa shape index (κ1) is 17.4. The Morgan fingerprint density at radius 2 is 1.95 bits per heavy atom. The molecule has 1 heterocycles. The number of hydrogen-bond acceptors (Lipinski definition) is 4. The summed E-state index contributed by atoms with van der Waals surface area (Å²) in [6, 6.07) is 0. The molecule has 2 nitrogen and oxygen atoms in total. The van der Waals surface area contributed by atoms with E-state index in [1.807, 2.05) is 29.7 Å². The summed E-state index contributed by atoms with van der Waals surface area (Å²) in [7, 11) is 0. The van der Waals surface area contributed by atoms with E-state index in [9.17, 15) is 4.79 Å². The molecule has 5 heteroatoms. The van der Waals surface area contributed by atoms with Gasteiger partial charge >= 0.3 is 5.97 Å². The van der Waals surface area contributed by atoms with E-state index >= 15 is 0 Å². The lowest BCUT2D eigenvalue weighted by atomic mass is 10.0. The van der Waals surface area contributed by atoms with Gasteiger partial charge in [0.2, 0.25) is 0 Å². The van der Waals surface area contributed by atoms with Gasteiger partial charge in [-0.15, -0.1) is 22.8 Å². The second-order valence-electron chi connectivity index (χ2n) is 4.57. The Balaban J connectivity index is 2.51. The molecule has 1 atom stereocenters. The zero-order valence-electron chi connectivity index (χ0n) is 12.0. The van der Waals surface area contributed by atoms with Crippen LogP contribution in [0.2, 0.25) is 0 Å². The first-order chi connectivity index (χ1) is 9.20. The molecule has 0 aromatic rings. The monoisotopic (exact) mass is 320 g/mol. The highest BCUT2D eigenvalue weighted by Crippen LogP contribution is 2.72. The number of rotatable bonds is 9. The third-order valence-corrected chi connectivity index (χ3v) is 11.1. The molecule has 0 amide bonds. The number of unbranched alkanes of at least 4 members (excludes halogenated alkanes) is 3. The summed E-state index contributed by atoms with van der Waals surface area (Å²) in [6.45, 7) is 8.77. The molecule has 1 saturated heterocycles. The fourth-order valence-electron chi connectivity index (χ4n) is 2.01. The maximum Gasteiger partial charge on any atom is 0.313 e. The largest absolute Gasteiger partial charge is 0.466 e. The molecule has 0 radical (unpaired) electrons. The number of esters is 1. The Bertz CT molecular complexity index is 291. The van der Waals surface area contributed by atoms with Crippen molar-refractivity contribution in [3.8, 4) is 0 Å². The average Bonchev–Trinajstić information content (AvgIpc) is 2.92. The SMILES string of the molecule is C=C(C(CCCCCC)C(=O)OCC)P1SCCS1. The number of carbonyl (C=O) groups is 1. The van der Waals surface area contributed by atoms with Crippen molar-refractivity contribution in [1.82, 2.24) is 0 Å². The van der Waals surface area contributed by atoms with Gasteiger partial charge in [-0.1, -0.05) is 39.2 Å². The fraction of sp³-hybridized carbons (Fsp3) is 0.786. The van der Waals surface area contributed by atoms with Crippen molar-refractivity contribution in [2.75, 3.05) is 18.1 Å². The van der Waals surface area contributed by atoms with Gasteiger partial charge in [0.05, 0.1) is 12.5 Å². The van der Waals surface area contributed by atoms with Crippen molar-refractivity contribution in [2.45, 2.75) is 46.0 Å². The van der Waals surface area contributed by atoms with Gasteiger partial charge in [0.25, 0.3) is 0 Å². The molecule has 0 N–H and O–H groups in total. The van der Waals surface area contributed by atoms with Crippen LogP contribution in [-0.2, 0) is 9.53 Å². The number of hydrogen-bond donors (Lipinski definition) is 0. The Kier molecular flexibility index (Phi) is 9.27. The van der Waals surface area contributed by atoms with E-state index in [4.69, 9.17) is 4.74 Å². The summed E-state index contributed by atoms with van der Waals surface area (Å²) in [6.07, 6.45) is 5.43. The van der Waals surface area contributed by atoms with Gasteiger partial charge in [0, 0.05) is 17.8 Å². The molecule has 1 fully saturated rings. The quantitative estimate of drug-likeness (QED) is 0.321. The molecule has 1 aliphatic heterocycles. The Hall–Kier alpha value is 0.340. The molecule has 0 saturated carbocycles. The summed E-state index contributed by atoms with van der Waals surface area (Å²) >= 11 is 3.96. The van der Waals surface area contributed by atoms with E-state index in [1.165, 1.54) is 30.8 Å². The molecule has 0 aromatic heterocycles. The maximum atomic E-state index is 12.1. The Morgan fingerprint density at radius 3 is 2.53 bits per heavy atom. The van der Waals surface area contributed by atoms with Crippen molar-refractivity contribution in [3.05, 3.63) is 11.9 Å². The Morgan fingerprint density at radius 1 is 1.26 bits per heavy atom. The standard InChI is InChI=1S/C14H25O2PS2/c1-4-6-7-8-9-13(14(15)16-5-2)12(3)17-18-10-11-19-17/h13H,3-11H2,1-2H3. The van der Waals surface area contributed by atoms with E-state index in [0.717, 1.165) is 18.2 Å². The highest BCUT2D eigenvalue weighted by molar-refractivity contribution is 8.90. The van der Waals surface area contributed by atoms with Crippen LogP contribution in [0.15, 0.2) is 11.9 Å². The predicted molar refractivity (Wildman–Crippen MR) is 89.9 cm³/mol. The molecule has 19 heavy (non-hydrogen) atoms. The van der Waals surface area contributed by atoms with E-state index in [0.29, 0.717) is 6.61 Å². The maximum absolute atomic E-state index is 12.1. The molecule has 1 unspecified atom stereocenters. The van der Waals surface area contributed by atoms with Gasteiger partial charge < -0.3 is 4.74 Å². The third kappa shape index (κ3) is 6.10. The van der Waals surface area contributed by atoms with E-state index in [2.05, 4.69) is 13.5 Å². The first-order valence-corrected chi connectivity index (χ1v) is 11.6. The highest BCUT2D eigenvalue weighted by Gasteiger charge is 2.30. The van der Waals surface area contributed by atoms with E-state index in [-0.39, 0.29) is 18.2 Å². The van der Waals surface area contributed by atoms with Gasteiger partial charge in [-0.3, -0.25) is 4.79 Å². The summed E-state index contributed by atoms with van der Waals surface area (Å²) in [5.41, 5.74) is 0. The molecule has 0 bridgehead atoms. The van der Waals surface area contributed by atoms with Gasteiger partial charge in [-0.25, -0.2) is 0 Å². The smallest absolute Gasteiger partial charge is 0.313 e. The molecule has 1 rings (SSSR count). The minimum Gasteiger partial charge on any atom is -0.466 e. The molecular formula is C14H25O2PS2. The van der Waals surface area contributed by atoms with Crippen LogP contribution in [0, 0.1) is 5.92 Å². The van der Waals surface area contributed by atoms with Crippen molar-refractivity contribution in [3.63, 3.8) is 0 Å². The second-order valence-corrected chi connectivity index (χ2v) is 11.4. The number of carbonyl (C=O) groups excluding carboxylic acids is 1. The zero-order valence-corrected chi connectivity index (χ0v) is 14.5. The lowest BCUT2D eigenvalue weighted by Gasteiger charge is -2.21. The minimum atomic E-state index is -0.275. The van der Waals surface area contributed by atoms with Gasteiger partial charge in [-0.2, -0.15) is 0 Å². The van der Waals surface area contributed by atoms with E-state index in [1.54, 1.807) is 0 Å². The molecule has 1 aliphatic rings. The van der Waals surface area contributed by atoms with Crippen LogP contribution in [0.1, 0.15) is 46.0 Å². The molecular weight excluding hydrogens is 295 g/mol. The lowest BCUT2D eigenvalue weighted by molar-refractivity contribution is -0.146. The molecule has 0 aromatic carbocycles. The van der Waals surface area contributed by atoms with Crippen LogP contribution >= 0.6 is 29.1 Å². The Labute approximate surface area is 126 Å². The summed E-state index contributed by atoms with van der Waals surface area (Å²) in [5, 5.41) is 1.14. The first-order valence-electron chi connectivity index (χ1n) is 7.12. The van der Waals surface area contributed by atoms with Gasteiger partial charge in [0.1, 0.15) is 0 Å². The predicted octanol–water partition coefficient (Wildman–Crippen LogP) is 5.44. The fourth-order valence-corrected chi connectivity index (χ4v) is 10.2. The van der Waals surface area contributed by atoms with Crippen LogP contribution in [0.25, 0.3) is 0 Å². The highest BCUT2D eigenvalue weighted by atomic mass is 33.1. The minimum absolute atomic E-state index is 0.0559. The average molecular weight is 320 g/mol. The second kappa shape index (κ2) is 10.1. The lowest BCUT2D eigenvalue weighted by Crippen LogP contribution is -2.18. The van der Waals surface area contributed by atoms with Crippen molar-refractivity contribution >= 4 is 35.1 Å². The van der Waals surface area contributed by atoms with Crippen LogP contribution < -0.4 is 0 Å². The third-order valence-electron chi connectivity index (χ3n) is 3.05. The topological polar surface area (TPSA) is 26.3 Å². The molecule has 0 aliphatic carbocycles. The summed E-state index contributed by atoms with van der Waals surface area (Å²) in [4.78, 5) is 12.1. The zero-order chi connectivity index (χ0) is 14.1. The van der Waals surface area contributed by atoms with Crippen molar-refractivity contribution in [2.24, 2.45) is 5.92 Å².